The number of halogens is 2. The molecule has 6 rings (SSSR count). The van der Waals surface area contributed by atoms with Crippen molar-refractivity contribution in [3.05, 3.63) is 176 Å². The Morgan fingerprint density at radius 2 is 0.901 bits per heavy atom. The van der Waals surface area contributed by atoms with Crippen LogP contribution in [0.3, 0.4) is 0 Å². The van der Waals surface area contributed by atoms with Crippen molar-refractivity contribution < 1.29 is 39.6 Å². The smallest absolute Gasteiger partial charge is 0.242 e. The highest BCUT2D eigenvalue weighted by molar-refractivity contribution is 9.10. The van der Waals surface area contributed by atoms with Crippen molar-refractivity contribution in [3.63, 3.8) is 0 Å². The lowest BCUT2D eigenvalue weighted by Gasteiger charge is -2.15. The second-order valence-electron chi connectivity index (χ2n) is 16.7. The van der Waals surface area contributed by atoms with Crippen LogP contribution < -0.4 is 16.0 Å². The summed E-state index contributed by atoms with van der Waals surface area (Å²) in [6, 6.07) is 38.2. The maximum absolute atomic E-state index is 12.3. The average Bonchev–Trinajstić information content (AvgIpc) is 3.30. The number of sulfonamides is 3. The van der Waals surface area contributed by atoms with Crippen LogP contribution >= 0.6 is 27.5 Å². The van der Waals surface area contributed by atoms with Crippen LogP contribution in [0.4, 0.5) is 17.1 Å². The third-order valence-electron chi connectivity index (χ3n) is 10.5. The van der Waals surface area contributed by atoms with E-state index in [0.717, 1.165) is 34.1 Å². The standard InChI is InChI=1S/C17H19BrN2O3S.C17H19ClN2O3S.C17H20N2O3S/c2*1-12-8-9-14(11-16(12)24(22,23)20(2)3)19-17(21)10-13-6-4-5-7-15(13)18;1-13-7-9-14(10-8-13)11-17(20)18-15-5-4-6-16(12-15)23(21,22)19(2)3/h2*4-9,11H,10H2,1-3H3,(H,19,21);4-10,12H,11H2,1-3H3,(H,18,20). The Morgan fingerprint density at radius 3 is 1.37 bits per heavy atom. The summed E-state index contributed by atoms with van der Waals surface area (Å²) in [4.78, 5) is 37.0. The number of hydrogen-bond donors (Lipinski definition) is 3. The summed E-state index contributed by atoms with van der Waals surface area (Å²) in [5.74, 6) is -0.660. The fourth-order valence-corrected chi connectivity index (χ4v) is 10.3. The summed E-state index contributed by atoms with van der Waals surface area (Å²) < 4.78 is 77.8. The van der Waals surface area contributed by atoms with E-state index in [9.17, 15) is 39.6 Å². The van der Waals surface area contributed by atoms with Gasteiger partial charge in [-0.25, -0.2) is 38.2 Å². The van der Waals surface area contributed by atoms with Crippen molar-refractivity contribution in [1.29, 1.82) is 0 Å². The molecule has 71 heavy (non-hydrogen) atoms. The highest BCUT2D eigenvalue weighted by Gasteiger charge is 2.22. The second kappa shape index (κ2) is 25.6. The predicted octanol–water partition coefficient (Wildman–Crippen LogP) is 8.70. The molecule has 0 aliphatic carbocycles. The first-order valence-electron chi connectivity index (χ1n) is 21.7. The van der Waals surface area contributed by atoms with E-state index >= 15 is 0 Å². The van der Waals surface area contributed by atoms with E-state index in [1.807, 2.05) is 61.5 Å². The van der Waals surface area contributed by atoms with E-state index in [4.69, 9.17) is 11.6 Å². The molecule has 0 radical (unpaired) electrons. The van der Waals surface area contributed by atoms with E-state index in [-0.39, 0.29) is 51.7 Å². The highest BCUT2D eigenvalue weighted by atomic mass is 79.9. The summed E-state index contributed by atoms with van der Waals surface area (Å²) in [7, 11) is -1.81. The van der Waals surface area contributed by atoms with Crippen molar-refractivity contribution >= 4 is 92.4 Å². The number of carbonyl (C=O) groups is 3. The van der Waals surface area contributed by atoms with Crippen molar-refractivity contribution in [2.75, 3.05) is 58.2 Å². The molecule has 0 aliphatic heterocycles. The van der Waals surface area contributed by atoms with Gasteiger partial charge in [0.05, 0.1) is 33.9 Å². The minimum Gasteiger partial charge on any atom is -0.326 e. The zero-order valence-corrected chi connectivity index (χ0v) is 45.6. The Balaban J connectivity index is 0.000000231. The van der Waals surface area contributed by atoms with Gasteiger partial charge in [0.1, 0.15) is 0 Å². The van der Waals surface area contributed by atoms with Crippen LogP contribution in [0.1, 0.15) is 33.4 Å². The number of amides is 3. The van der Waals surface area contributed by atoms with Crippen molar-refractivity contribution in [1.82, 2.24) is 12.9 Å². The first-order chi connectivity index (χ1) is 33.2. The number of rotatable bonds is 15. The van der Waals surface area contributed by atoms with Gasteiger partial charge in [-0.2, -0.15) is 0 Å². The van der Waals surface area contributed by atoms with Gasteiger partial charge in [-0.1, -0.05) is 112 Å². The second-order valence-corrected chi connectivity index (χ2v) is 24.3. The highest BCUT2D eigenvalue weighted by Crippen LogP contribution is 2.25. The van der Waals surface area contributed by atoms with Crippen LogP contribution in [0, 0.1) is 20.8 Å². The van der Waals surface area contributed by atoms with Gasteiger partial charge in [0.25, 0.3) is 0 Å². The van der Waals surface area contributed by atoms with Gasteiger partial charge in [0.2, 0.25) is 47.8 Å². The third-order valence-corrected chi connectivity index (χ3v) is 17.3. The van der Waals surface area contributed by atoms with Crippen LogP contribution in [-0.2, 0) is 63.7 Å². The van der Waals surface area contributed by atoms with Crippen molar-refractivity contribution in [2.45, 2.75) is 54.7 Å². The van der Waals surface area contributed by atoms with E-state index in [0.29, 0.717) is 38.8 Å². The molecule has 6 aromatic carbocycles. The monoisotopic (exact) mass is 1110 g/mol. The summed E-state index contributed by atoms with van der Waals surface area (Å²) in [5.41, 5.74) is 6.22. The molecule has 3 N–H and O–H groups in total. The Labute approximate surface area is 431 Å². The molecule has 0 fully saturated rings. The summed E-state index contributed by atoms with van der Waals surface area (Å²) >= 11 is 9.46. The third kappa shape index (κ3) is 16.6. The van der Waals surface area contributed by atoms with Gasteiger partial charge < -0.3 is 16.0 Å². The van der Waals surface area contributed by atoms with Crippen LogP contribution in [-0.4, -0.2) is 98.2 Å². The molecule has 0 atom stereocenters. The van der Waals surface area contributed by atoms with Crippen molar-refractivity contribution in [3.8, 4) is 0 Å². The first-order valence-corrected chi connectivity index (χ1v) is 27.2. The van der Waals surface area contributed by atoms with E-state index < -0.39 is 30.1 Å². The molecule has 3 amide bonds. The molecule has 0 aromatic heterocycles. The number of benzene rings is 6. The van der Waals surface area contributed by atoms with Gasteiger partial charge in [0.15, 0.2) is 0 Å². The van der Waals surface area contributed by atoms with Crippen LogP contribution in [0.2, 0.25) is 5.02 Å². The number of nitrogens with one attached hydrogen (secondary N) is 3. The molecule has 0 saturated carbocycles. The molecule has 15 nitrogen and oxygen atoms in total. The number of hydrogen-bond acceptors (Lipinski definition) is 9. The van der Waals surface area contributed by atoms with Gasteiger partial charge in [-0.15, -0.1) is 0 Å². The Bertz CT molecular complexity index is 3060. The summed E-state index contributed by atoms with van der Waals surface area (Å²) in [6.45, 7) is 5.43. The molecule has 0 saturated heterocycles. The Morgan fingerprint density at radius 1 is 0.479 bits per heavy atom. The van der Waals surface area contributed by atoms with Gasteiger partial charge in [-0.3, -0.25) is 14.4 Å². The molecule has 6 aromatic rings. The van der Waals surface area contributed by atoms with E-state index in [2.05, 4.69) is 31.9 Å². The van der Waals surface area contributed by atoms with Gasteiger partial charge in [-0.05, 0) is 103 Å². The number of nitrogens with zero attached hydrogens (tertiary/aromatic N) is 3. The fourth-order valence-electron chi connectivity index (χ4n) is 6.39. The largest absolute Gasteiger partial charge is 0.326 e. The van der Waals surface area contributed by atoms with Gasteiger partial charge in [0, 0.05) is 68.8 Å². The SMILES string of the molecule is Cc1ccc(CC(=O)Nc2cccc(S(=O)(=O)N(C)C)c2)cc1.Cc1ccc(NC(=O)Cc2ccccc2Br)cc1S(=O)(=O)N(C)C.Cc1ccc(NC(=O)Cc2ccccc2Cl)cc1S(=O)(=O)N(C)C. The molecule has 0 spiro atoms. The number of carbonyl (C=O) groups excluding carboxylic acids is 3. The van der Waals surface area contributed by atoms with E-state index in [1.165, 1.54) is 66.6 Å². The molecule has 20 heteroatoms. The predicted molar refractivity (Wildman–Crippen MR) is 285 cm³/mol. The zero-order valence-electron chi connectivity index (χ0n) is 40.8. The lowest BCUT2D eigenvalue weighted by atomic mass is 10.1. The molecule has 0 heterocycles. The van der Waals surface area contributed by atoms with E-state index in [1.54, 1.807) is 68.4 Å². The normalized spacial score (nSPS) is 11.5. The van der Waals surface area contributed by atoms with Crippen LogP contribution in [0.15, 0.2) is 153 Å². The Kier molecular flexibility index (Phi) is 20.8. The maximum atomic E-state index is 12.3. The minimum atomic E-state index is -3.57. The lowest BCUT2D eigenvalue weighted by molar-refractivity contribution is -0.116. The van der Waals surface area contributed by atoms with Crippen LogP contribution in [0.5, 0.6) is 0 Å². The van der Waals surface area contributed by atoms with Crippen LogP contribution in [0.25, 0.3) is 0 Å². The number of aryl methyl sites for hydroxylation is 3. The topological polar surface area (TPSA) is 199 Å². The first kappa shape index (κ1) is 57.8. The quantitative estimate of drug-likeness (QED) is 0.0900. The van der Waals surface area contributed by atoms with Crippen molar-refractivity contribution in [2.24, 2.45) is 0 Å². The summed E-state index contributed by atoms with van der Waals surface area (Å²) in [6.07, 6.45) is 0.555. The molecular formula is C51H58BrClN6O9S3. The minimum absolute atomic E-state index is 0.114. The molecule has 378 valence electrons. The van der Waals surface area contributed by atoms with Gasteiger partial charge >= 0.3 is 0 Å². The molecule has 0 bridgehead atoms. The molecule has 0 aliphatic rings. The average molecular weight is 1110 g/mol. The molecule has 0 unspecified atom stereocenters. The zero-order chi connectivity index (χ0) is 52.8. The lowest BCUT2D eigenvalue weighted by Crippen LogP contribution is -2.23. The fraction of sp³-hybridized carbons (Fsp3) is 0.235. The maximum Gasteiger partial charge on any atom is 0.242 e. The Hall–Kier alpha value is -5.77. The number of anilines is 3. The summed E-state index contributed by atoms with van der Waals surface area (Å²) in [5, 5.41) is 8.72. The molecular weight excluding hydrogens is 1050 g/mol.